The van der Waals surface area contributed by atoms with Crippen molar-refractivity contribution in [1.82, 2.24) is 0 Å². The molecule has 0 radical (unpaired) electrons. The lowest BCUT2D eigenvalue weighted by Gasteiger charge is -2.19. The van der Waals surface area contributed by atoms with Crippen LogP contribution in [0.2, 0.25) is 0 Å². The lowest BCUT2D eigenvalue weighted by molar-refractivity contribution is 0.583. The summed E-state index contributed by atoms with van der Waals surface area (Å²) < 4.78 is 26.0. The lowest BCUT2D eigenvalue weighted by atomic mass is 10.2. The monoisotopic (exact) mass is 242 g/mol. The predicted molar refractivity (Wildman–Crippen MR) is 60.7 cm³/mol. The van der Waals surface area contributed by atoms with Crippen molar-refractivity contribution >= 4 is 23.0 Å². The smallest absolute Gasteiger partial charge is 0.128 e. The highest BCUT2D eigenvalue weighted by molar-refractivity contribution is 6.28. The first kappa shape index (κ1) is 11.1. The first-order valence-electron chi connectivity index (χ1n) is 4.73. The van der Waals surface area contributed by atoms with Crippen LogP contribution in [0.1, 0.15) is 6.42 Å². The van der Waals surface area contributed by atoms with Crippen LogP contribution in [0, 0.1) is 11.6 Å². The summed E-state index contributed by atoms with van der Waals surface area (Å²) in [5.41, 5.74) is 1.10. The summed E-state index contributed by atoms with van der Waals surface area (Å²) in [4.78, 5) is 0. The molecule has 0 amide bonds. The van der Waals surface area contributed by atoms with E-state index in [0.717, 1.165) is 11.8 Å². The minimum atomic E-state index is -0.628. The number of allylic oxidation sites excluding steroid dienone is 1. The maximum absolute atomic E-state index is 13.0. The summed E-state index contributed by atoms with van der Waals surface area (Å²) >= 11 is 5.66. The second-order valence-corrected chi connectivity index (χ2v) is 3.63. The van der Waals surface area contributed by atoms with Crippen LogP contribution in [-0.4, -0.2) is 11.6 Å². The summed E-state index contributed by atoms with van der Waals surface area (Å²) in [6.45, 7) is 0. The molecule has 1 aliphatic heterocycles. The van der Waals surface area contributed by atoms with Gasteiger partial charge in [-0.25, -0.2) is 13.8 Å². The minimum Gasteiger partial charge on any atom is -0.241 e. The Bertz CT molecular complexity index is 437. The van der Waals surface area contributed by atoms with Gasteiger partial charge in [0.15, 0.2) is 0 Å². The van der Waals surface area contributed by atoms with Crippen molar-refractivity contribution in [3.8, 4) is 0 Å². The number of alkyl halides is 1. The van der Waals surface area contributed by atoms with Crippen molar-refractivity contribution in [2.24, 2.45) is 5.10 Å². The number of anilines is 1. The maximum atomic E-state index is 13.0. The normalized spacial score (nSPS) is 15.2. The third-order valence-electron chi connectivity index (χ3n) is 2.12. The van der Waals surface area contributed by atoms with Gasteiger partial charge in [0.25, 0.3) is 0 Å². The molecule has 0 saturated carbocycles. The Morgan fingerprint density at radius 3 is 2.56 bits per heavy atom. The van der Waals surface area contributed by atoms with Crippen molar-refractivity contribution < 1.29 is 8.78 Å². The standard InChI is InChI=1S/C11H9ClF2N2/c12-7-10-2-1-3-16(15-10)11-5-8(13)4-9(14)6-11/h1,3-6H,2,7H2. The van der Waals surface area contributed by atoms with Crippen molar-refractivity contribution in [3.05, 3.63) is 42.1 Å². The van der Waals surface area contributed by atoms with Gasteiger partial charge in [0.2, 0.25) is 0 Å². The fourth-order valence-corrected chi connectivity index (χ4v) is 1.57. The predicted octanol–water partition coefficient (Wildman–Crippen LogP) is 3.28. The summed E-state index contributed by atoms with van der Waals surface area (Å²) in [6.07, 6.45) is 4.16. The third-order valence-corrected chi connectivity index (χ3v) is 2.42. The topological polar surface area (TPSA) is 15.6 Å². The average molecular weight is 243 g/mol. The molecule has 1 heterocycles. The summed E-state index contributed by atoms with van der Waals surface area (Å²) in [6, 6.07) is 3.26. The molecule has 2 rings (SSSR count). The number of benzene rings is 1. The average Bonchev–Trinajstić information content (AvgIpc) is 2.28. The fourth-order valence-electron chi connectivity index (χ4n) is 1.41. The molecule has 0 aromatic heterocycles. The molecule has 0 unspecified atom stereocenters. The highest BCUT2D eigenvalue weighted by atomic mass is 35.5. The minimum absolute atomic E-state index is 0.304. The van der Waals surface area contributed by atoms with Crippen LogP contribution in [0.4, 0.5) is 14.5 Å². The number of hydrogen-bond donors (Lipinski definition) is 0. The Morgan fingerprint density at radius 1 is 1.25 bits per heavy atom. The van der Waals surface area contributed by atoms with Gasteiger partial charge in [0.1, 0.15) is 11.6 Å². The molecule has 0 spiro atoms. The van der Waals surface area contributed by atoms with E-state index in [0.29, 0.717) is 18.0 Å². The van der Waals surface area contributed by atoms with Crippen LogP contribution < -0.4 is 5.01 Å². The number of rotatable bonds is 2. The molecule has 0 bridgehead atoms. The van der Waals surface area contributed by atoms with Crippen molar-refractivity contribution in [2.75, 3.05) is 10.9 Å². The maximum Gasteiger partial charge on any atom is 0.128 e. The van der Waals surface area contributed by atoms with E-state index in [2.05, 4.69) is 5.10 Å². The van der Waals surface area contributed by atoms with Crippen LogP contribution >= 0.6 is 11.6 Å². The van der Waals surface area contributed by atoms with Crippen molar-refractivity contribution in [2.45, 2.75) is 6.42 Å². The second kappa shape index (κ2) is 4.61. The van der Waals surface area contributed by atoms with Gasteiger partial charge < -0.3 is 0 Å². The zero-order chi connectivity index (χ0) is 11.5. The first-order chi connectivity index (χ1) is 7.69. The zero-order valence-electron chi connectivity index (χ0n) is 8.33. The largest absolute Gasteiger partial charge is 0.241 e. The summed E-state index contributed by atoms with van der Waals surface area (Å²) in [5, 5.41) is 5.56. The number of halogens is 3. The molecule has 0 atom stereocenters. The van der Waals surface area contributed by atoms with Crippen LogP contribution in [0.3, 0.4) is 0 Å². The van der Waals surface area contributed by atoms with Crippen molar-refractivity contribution in [3.63, 3.8) is 0 Å². The lowest BCUT2D eigenvalue weighted by Crippen LogP contribution is -2.17. The molecule has 0 fully saturated rings. The van der Waals surface area contributed by atoms with E-state index in [1.807, 2.05) is 6.08 Å². The van der Waals surface area contributed by atoms with Gasteiger partial charge in [0.05, 0.1) is 17.3 Å². The summed E-state index contributed by atoms with van der Waals surface area (Å²) in [5.74, 6) is -0.952. The van der Waals surface area contributed by atoms with Gasteiger partial charge in [0, 0.05) is 18.7 Å². The number of nitrogens with zero attached hydrogens (tertiary/aromatic N) is 2. The molecule has 0 saturated heterocycles. The van der Waals surface area contributed by atoms with E-state index in [-0.39, 0.29) is 0 Å². The zero-order valence-corrected chi connectivity index (χ0v) is 9.09. The van der Waals surface area contributed by atoms with E-state index < -0.39 is 11.6 Å². The van der Waals surface area contributed by atoms with Gasteiger partial charge in [-0.2, -0.15) is 5.10 Å². The molecule has 1 aromatic rings. The Balaban J connectivity index is 2.33. The van der Waals surface area contributed by atoms with Gasteiger partial charge in [-0.1, -0.05) is 6.08 Å². The van der Waals surface area contributed by atoms with Crippen LogP contribution in [0.5, 0.6) is 0 Å². The molecule has 1 aromatic carbocycles. The Morgan fingerprint density at radius 2 is 1.94 bits per heavy atom. The molecule has 0 N–H and O–H groups in total. The number of hydrazone groups is 1. The van der Waals surface area contributed by atoms with Crippen LogP contribution in [0.15, 0.2) is 35.6 Å². The van der Waals surface area contributed by atoms with Gasteiger partial charge in [-0.15, -0.1) is 11.6 Å². The Hall–Kier alpha value is -1.42. The molecule has 2 nitrogen and oxygen atoms in total. The molecular weight excluding hydrogens is 234 g/mol. The third kappa shape index (κ3) is 2.39. The van der Waals surface area contributed by atoms with Crippen molar-refractivity contribution in [1.29, 1.82) is 0 Å². The van der Waals surface area contributed by atoms with E-state index >= 15 is 0 Å². The quantitative estimate of drug-likeness (QED) is 0.727. The van der Waals surface area contributed by atoms with E-state index in [1.54, 1.807) is 6.20 Å². The molecule has 1 aliphatic rings. The Labute approximate surface area is 96.8 Å². The van der Waals surface area contributed by atoms with E-state index in [4.69, 9.17) is 11.6 Å². The fraction of sp³-hybridized carbons (Fsp3) is 0.182. The molecule has 84 valence electrons. The van der Waals surface area contributed by atoms with E-state index in [9.17, 15) is 8.78 Å². The Kier molecular flexibility index (Phi) is 3.19. The van der Waals surface area contributed by atoms with E-state index in [1.165, 1.54) is 17.1 Å². The molecule has 5 heteroatoms. The molecule has 0 aliphatic carbocycles. The first-order valence-corrected chi connectivity index (χ1v) is 5.27. The highest BCUT2D eigenvalue weighted by Gasteiger charge is 2.10. The summed E-state index contributed by atoms with van der Waals surface area (Å²) in [7, 11) is 0. The van der Waals surface area contributed by atoms with Crippen LogP contribution in [0.25, 0.3) is 0 Å². The van der Waals surface area contributed by atoms with Gasteiger partial charge in [-0.3, -0.25) is 0 Å². The van der Waals surface area contributed by atoms with Crippen LogP contribution in [-0.2, 0) is 0 Å². The molecule has 16 heavy (non-hydrogen) atoms. The van der Waals surface area contributed by atoms with Gasteiger partial charge >= 0.3 is 0 Å². The highest BCUT2D eigenvalue weighted by Crippen LogP contribution is 2.21. The number of hydrogen-bond acceptors (Lipinski definition) is 2. The van der Waals surface area contributed by atoms with Gasteiger partial charge in [-0.05, 0) is 12.1 Å². The molecular formula is C11H9ClF2N2. The second-order valence-electron chi connectivity index (χ2n) is 3.36. The SMILES string of the molecule is Fc1cc(F)cc(N2C=CCC(CCl)=N2)c1.